The van der Waals surface area contributed by atoms with Crippen LogP contribution in [0.1, 0.15) is 29.8 Å². The number of aromatic nitrogens is 3. The summed E-state index contributed by atoms with van der Waals surface area (Å²) in [6.45, 7) is 3.82. The molecule has 1 atom stereocenters. The van der Waals surface area contributed by atoms with Crippen molar-refractivity contribution in [2.24, 2.45) is 7.05 Å². The van der Waals surface area contributed by atoms with Crippen molar-refractivity contribution in [3.8, 4) is 11.4 Å². The summed E-state index contributed by atoms with van der Waals surface area (Å²) in [7, 11) is 1.85. The Morgan fingerprint density at radius 2 is 2.12 bits per heavy atom. The summed E-state index contributed by atoms with van der Waals surface area (Å²) in [5.74, 6) is 0.282. The Balaban J connectivity index is 1.67. The third kappa shape index (κ3) is 2.94. The molecule has 2 aromatic heterocycles. The van der Waals surface area contributed by atoms with Crippen LogP contribution in [0.15, 0.2) is 35.7 Å². The van der Waals surface area contributed by atoms with E-state index in [1.807, 2.05) is 29.1 Å². The number of halogens is 1. The SMILES string of the molecule is CC[C@H]1c2ccsc2CCN1Cn1nc(-c2ccccc2F)n(C)c1=S. The van der Waals surface area contributed by atoms with Gasteiger partial charge in [0.1, 0.15) is 5.82 Å². The molecular weight excluding hydrogens is 367 g/mol. The van der Waals surface area contributed by atoms with Gasteiger partial charge in [0.05, 0.1) is 12.2 Å². The van der Waals surface area contributed by atoms with Crippen LogP contribution in [0.2, 0.25) is 0 Å². The first-order valence-electron chi connectivity index (χ1n) is 8.79. The summed E-state index contributed by atoms with van der Waals surface area (Å²) < 4.78 is 18.4. The Bertz CT molecular complexity index is 988. The van der Waals surface area contributed by atoms with Gasteiger partial charge in [-0.15, -0.1) is 11.3 Å². The minimum Gasteiger partial charge on any atom is -0.303 e. The molecule has 0 fully saturated rings. The van der Waals surface area contributed by atoms with Crippen LogP contribution in [0.5, 0.6) is 0 Å². The summed E-state index contributed by atoms with van der Waals surface area (Å²) >= 11 is 7.42. The molecule has 7 heteroatoms. The highest BCUT2D eigenvalue weighted by Gasteiger charge is 2.27. The van der Waals surface area contributed by atoms with Crippen molar-refractivity contribution in [2.75, 3.05) is 6.54 Å². The summed E-state index contributed by atoms with van der Waals surface area (Å²) in [6, 6.07) is 9.31. The average molecular weight is 389 g/mol. The molecule has 0 radical (unpaired) electrons. The summed E-state index contributed by atoms with van der Waals surface area (Å²) in [6.07, 6.45) is 2.11. The first-order chi connectivity index (χ1) is 12.6. The number of fused-ring (bicyclic) bond motifs is 1. The molecule has 0 bridgehead atoms. The second-order valence-corrected chi connectivity index (χ2v) is 7.94. The highest BCUT2D eigenvalue weighted by molar-refractivity contribution is 7.71. The maximum Gasteiger partial charge on any atom is 0.199 e. The summed E-state index contributed by atoms with van der Waals surface area (Å²) in [5.41, 5.74) is 1.91. The van der Waals surface area contributed by atoms with Crippen LogP contribution in [-0.2, 0) is 20.1 Å². The largest absolute Gasteiger partial charge is 0.303 e. The standard InChI is InChI=1S/C19H21FN4S2/c1-3-16-14-9-11-26-17(14)8-10-23(16)12-24-19(25)22(2)18(21-24)13-6-4-5-7-15(13)20/h4-7,9,11,16H,3,8,10,12H2,1-2H3/t16-/m0/s1. The van der Waals surface area contributed by atoms with Gasteiger partial charge in [0, 0.05) is 24.5 Å². The molecule has 26 heavy (non-hydrogen) atoms. The van der Waals surface area contributed by atoms with Crippen molar-refractivity contribution in [1.82, 2.24) is 19.2 Å². The van der Waals surface area contributed by atoms with Gasteiger partial charge in [0.15, 0.2) is 10.6 Å². The molecule has 0 unspecified atom stereocenters. The Labute approximate surface area is 161 Å². The third-order valence-electron chi connectivity index (χ3n) is 5.06. The van der Waals surface area contributed by atoms with Crippen molar-refractivity contribution in [3.05, 3.63) is 56.7 Å². The predicted molar refractivity (Wildman–Crippen MR) is 105 cm³/mol. The summed E-state index contributed by atoms with van der Waals surface area (Å²) in [4.78, 5) is 3.91. The predicted octanol–water partition coefficient (Wildman–Crippen LogP) is 4.79. The van der Waals surface area contributed by atoms with E-state index in [-0.39, 0.29) is 5.82 Å². The maximum absolute atomic E-state index is 14.2. The van der Waals surface area contributed by atoms with Crippen LogP contribution < -0.4 is 0 Å². The van der Waals surface area contributed by atoms with Gasteiger partial charge in [0.2, 0.25) is 0 Å². The monoisotopic (exact) mass is 388 g/mol. The van der Waals surface area contributed by atoms with Gasteiger partial charge in [-0.25, -0.2) is 9.07 Å². The lowest BCUT2D eigenvalue weighted by Gasteiger charge is -2.35. The van der Waals surface area contributed by atoms with Gasteiger partial charge in [0.25, 0.3) is 0 Å². The van der Waals surface area contributed by atoms with Crippen molar-refractivity contribution in [3.63, 3.8) is 0 Å². The second-order valence-electron chi connectivity index (χ2n) is 6.57. The molecule has 1 aliphatic heterocycles. The third-order valence-corrected chi connectivity index (χ3v) is 6.54. The van der Waals surface area contributed by atoms with Gasteiger partial charge in [-0.3, -0.25) is 4.90 Å². The quantitative estimate of drug-likeness (QED) is 0.601. The Morgan fingerprint density at radius 1 is 1.31 bits per heavy atom. The Hall–Kier alpha value is -1.83. The number of hydrogen-bond acceptors (Lipinski definition) is 4. The smallest absolute Gasteiger partial charge is 0.199 e. The molecule has 3 heterocycles. The lowest BCUT2D eigenvalue weighted by atomic mass is 9.98. The lowest BCUT2D eigenvalue weighted by Crippen LogP contribution is -2.36. The lowest BCUT2D eigenvalue weighted by molar-refractivity contribution is 0.129. The molecule has 3 aromatic rings. The van der Waals surface area contributed by atoms with Crippen LogP contribution in [-0.4, -0.2) is 25.8 Å². The Kier molecular flexibility index (Phi) is 4.77. The molecule has 0 aliphatic carbocycles. The molecule has 4 rings (SSSR count). The molecule has 1 aliphatic rings. The van der Waals surface area contributed by atoms with Gasteiger partial charge in [-0.05, 0) is 54.2 Å². The zero-order valence-electron chi connectivity index (χ0n) is 14.9. The number of nitrogens with zero attached hydrogens (tertiary/aromatic N) is 4. The fourth-order valence-corrected chi connectivity index (χ4v) is 4.84. The van der Waals surface area contributed by atoms with Crippen molar-refractivity contribution in [1.29, 1.82) is 0 Å². The summed E-state index contributed by atoms with van der Waals surface area (Å²) in [5, 5.41) is 6.82. The molecule has 0 saturated carbocycles. The molecular formula is C19H21FN4S2. The first kappa shape index (κ1) is 17.6. The van der Waals surface area contributed by atoms with E-state index in [4.69, 9.17) is 12.2 Å². The maximum atomic E-state index is 14.2. The topological polar surface area (TPSA) is 26.0 Å². The molecule has 0 saturated heterocycles. The number of rotatable bonds is 4. The van der Waals surface area contributed by atoms with Crippen molar-refractivity contribution >= 4 is 23.6 Å². The highest BCUT2D eigenvalue weighted by Crippen LogP contribution is 2.35. The van der Waals surface area contributed by atoms with Crippen LogP contribution in [0.25, 0.3) is 11.4 Å². The van der Waals surface area contributed by atoms with Crippen LogP contribution >= 0.6 is 23.6 Å². The minimum absolute atomic E-state index is 0.282. The highest BCUT2D eigenvalue weighted by atomic mass is 32.1. The normalized spacial score (nSPS) is 17.4. The number of hydrogen-bond donors (Lipinski definition) is 0. The molecule has 1 aromatic carbocycles. The van der Waals surface area contributed by atoms with E-state index in [2.05, 4.69) is 28.4 Å². The van der Waals surface area contributed by atoms with Gasteiger partial charge < -0.3 is 4.57 Å². The minimum atomic E-state index is -0.282. The molecule has 0 N–H and O–H groups in total. The van der Waals surface area contributed by atoms with Crippen LogP contribution in [0, 0.1) is 10.6 Å². The van der Waals surface area contributed by atoms with E-state index in [1.54, 1.807) is 16.7 Å². The molecule has 136 valence electrons. The fourth-order valence-electron chi connectivity index (χ4n) is 3.72. The fraction of sp³-hybridized carbons (Fsp3) is 0.368. The zero-order chi connectivity index (χ0) is 18.3. The molecule has 0 amide bonds. The van der Waals surface area contributed by atoms with Gasteiger partial charge in [-0.2, -0.15) is 5.10 Å². The first-order valence-corrected chi connectivity index (χ1v) is 10.1. The van der Waals surface area contributed by atoms with E-state index >= 15 is 0 Å². The number of thiophene rings is 1. The second kappa shape index (κ2) is 7.06. The van der Waals surface area contributed by atoms with E-state index in [0.717, 1.165) is 19.4 Å². The van der Waals surface area contributed by atoms with Gasteiger partial charge in [-0.1, -0.05) is 19.1 Å². The van der Waals surface area contributed by atoms with E-state index in [0.29, 0.717) is 28.9 Å². The Morgan fingerprint density at radius 3 is 2.88 bits per heavy atom. The average Bonchev–Trinajstić information content (AvgIpc) is 3.22. The zero-order valence-corrected chi connectivity index (χ0v) is 16.5. The van der Waals surface area contributed by atoms with E-state index < -0.39 is 0 Å². The van der Waals surface area contributed by atoms with Crippen molar-refractivity contribution < 1.29 is 4.39 Å². The van der Waals surface area contributed by atoms with E-state index in [1.165, 1.54) is 16.5 Å². The van der Waals surface area contributed by atoms with Crippen LogP contribution in [0.3, 0.4) is 0 Å². The molecule has 0 spiro atoms. The number of benzene rings is 1. The van der Waals surface area contributed by atoms with Crippen molar-refractivity contribution in [2.45, 2.75) is 32.5 Å². The molecule has 4 nitrogen and oxygen atoms in total. The van der Waals surface area contributed by atoms with E-state index in [9.17, 15) is 4.39 Å². The van der Waals surface area contributed by atoms with Crippen LogP contribution in [0.4, 0.5) is 4.39 Å². The van der Waals surface area contributed by atoms with Gasteiger partial charge >= 0.3 is 0 Å².